The second-order valence-corrected chi connectivity index (χ2v) is 7.65. The molecule has 0 fully saturated rings. The molecule has 1 aromatic heterocycles. The summed E-state index contributed by atoms with van der Waals surface area (Å²) >= 11 is 8.89. The van der Waals surface area contributed by atoms with Gasteiger partial charge in [-0.1, -0.05) is 25.1 Å². The number of halogens is 2. The standard InChI is InChI=1S/C15H17Br2NOS/c1-3-18-12(14-9-11(16)15(17)20-14)8-10-6-4-5-7-13(10)19-2/h4-7,9,12,18H,3,8H2,1-2H3. The van der Waals surface area contributed by atoms with Crippen LogP contribution in [-0.4, -0.2) is 13.7 Å². The van der Waals surface area contributed by atoms with Crippen molar-refractivity contribution in [2.45, 2.75) is 19.4 Å². The van der Waals surface area contributed by atoms with Crippen molar-refractivity contribution >= 4 is 43.2 Å². The molecule has 5 heteroatoms. The fraction of sp³-hybridized carbons (Fsp3) is 0.333. The van der Waals surface area contributed by atoms with Crippen molar-refractivity contribution in [3.8, 4) is 5.75 Å². The van der Waals surface area contributed by atoms with E-state index in [2.05, 4.69) is 62.3 Å². The fourth-order valence-electron chi connectivity index (χ4n) is 2.15. The summed E-state index contributed by atoms with van der Waals surface area (Å²) in [6.45, 7) is 3.07. The number of para-hydroxylation sites is 1. The lowest BCUT2D eigenvalue weighted by atomic mass is 10.0. The average molecular weight is 419 g/mol. The molecule has 1 N–H and O–H groups in total. The first-order chi connectivity index (χ1) is 9.65. The van der Waals surface area contributed by atoms with Crippen LogP contribution in [0.25, 0.3) is 0 Å². The van der Waals surface area contributed by atoms with Crippen LogP contribution in [0.3, 0.4) is 0 Å². The predicted octanol–water partition coefficient (Wildman–Crippen LogP) is 5.18. The van der Waals surface area contributed by atoms with Crippen LogP contribution in [0.1, 0.15) is 23.4 Å². The molecule has 0 aliphatic rings. The van der Waals surface area contributed by atoms with Crippen LogP contribution in [0.15, 0.2) is 38.6 Å². The van der Waals surface area contributed by atoms with Gasteiger partial charge in [0, 0.05) is 15.4 Å². The van der Waals surface area contributed by atoms with Gasteiger partial charge in [0.25, 0.3) is 0 Å². The Morgan fingerprint density at radius 3 is 2.65 bits per heavy atom. The van der Waals surface area contributed by atoms with Gasteiger partial charge in [0.1, 0.15) is 5.75 Å². The molecule has 0 radical (unpaired) electrons. The van der Waals surface area contributed by atoms with Crippen LogP contribution >= 0.6 is 43.2 Å². The molecular weight excluding hydrogens is 402 g/mol. The number of methoxy groups -OCH3 is 1. The Labute approximate surface area is 140 Å². The Morgan fingerprint density at radius 2 is 2.05 bits per heavy atom. The summed E-state index contributed by atoms with van der Waals surface area (Å²) in [4.78, 5) is 1.32. The number of likely N-dealkylation sites (N-methyl/N-ethyl adjacent to an activating group) is 1. The van der Waals surface area contributed by atoms with E-state index < -0.39 is 0 Å². The fourth-order valence-corrected chi connectivity index (χ4v) is 4.31. The van der Waals surface area contributed by atoms with Gasteiger partial charge in [-0.05, 0) is 62.5 Å². The maximum absolute atomic E-state index is 5.45. The molecule has 0 amide bonds. The molecule has 0 aliphatic heterocycles. The molecule has 108 valence electrons. The highest BCUT2D eigenvalue weighted by molar-refractivity contribution is 9.13. The lowest BCUT2D eigenvalue weighted by Crippen LogP contribution is -2.22. The molecule has 0 aliphatic carbocycles. The summed E-state index contributed by atoms with van der Waals surface area (Å²) in [6.07, 6.45) is 0.914. The van der Waals surface area contributed by atoms with Crippen molar-refractivity contribution in [2.24, 2.45) is 0 Å². The molecule has 1 unspecified atom stereocenters. The van der Waals surface area contributed by atoms with Gasteiger partial charge >= 0.3 is 0 Å². The van der Waals surface area contributed by atoms with Gasteiger partial charge in [-0.3, -0.25) is 0 Å². The maximum atomic E-state index is 5.45. The molecule has 2 rings (SSSR count). The topological polar surface area (TPSA) is 21.3 Å². The van der Waals surface area contributed by atoms with Gasteiger partial charge in [0.2, 0.25) is 0 Å². The molecule has 2 aromatic rings. The molecule has 0 bridgehead atoms. The van der Waals surface area contributed by atoms with E-state index in [9.17, 15) is 0 Å². The van der Waals surface area contributed by atoms with Gasteiger partial charge < -0.3 is 10.1 Å². The molecule has 2 nitrogen and oxygen atoms in total. The lowest BCUT2D eigenvalue weighted by molar-refractivity contribution is 0.406. The second kappa shape index (κ2) is 7.59. The highest BCUT2D eigenvalue weighted by Gasteiger charge is 2.17. The lowest BCUT2D eigenvalue weighted by Gasteiger charge is -2.18. The van der Waals surface area contributed by atoms with Crippen molar-refractivity contribution < 1.29 is 4.74 Å². The third-order valence-corrected chi connectivity index (χ3v) is 6.44. The van der Waals surface area contributed by atoms with Crippen LogP contribution < -0.4 is 10.1 Å². The predicted molar refractivity (Wildman–Crippen MR) is 92.8 cm³/mol. The van der Waals surface area contributed by atoms with E-state index in [0.29, 0.717) is 6.04 Å². The zero-order chi connectivity index (χ0) is 14.5. The van der Waals surface area contributed by atoms with E-state index in [1.54, 1.807) is 18.4 Å². The van der Waals surface area contributed by atoms with E-state index in [-0.39, 0.29) is 0 Å². The van der Waals surface area contributed by atoms with Crippen molar-refractivity contribution in [1.29, 1.82) is 0 Å². The first-order valence-corrected chi connectivity index (χ1v) is 8.86. The molecular formula is C15H17Br2NOS. The van der Waals surface area contributed by atoms with E-state index in [0.717, 1.165) is 27.0 Å². The largest absolute Gasteiger partial charge is 0.496 e. The van der Waals surface area contributed by atoms with E-state index in [1.807, 2.05) is 12.1 Å². The SMILES string of the molecule is CCNC(Cc1ccccc1OC)c1cc(Br)c(Br)s1. The van der Waals surface area contributed by atoms with Crippen LogP contribution in [0.4, 0.5) is 0 Å². The first kappa shape index (κ1) is 16.0. The third-order valence-electron chi connectivity index (χ3n) is 3.07. The van der Waals surface area contributed by atoms with E-state index in [1.165, 1.54) is 10.4 Å². The number of benzene rings is 1. The normalized spacial score (nSPS) is 12.4. The highest BCUT2D eigenvalue weighted by Crippen LogP contribution is 2.37. The zero-order valence-electron chi connectivity index (χ0n) is 11.5. The molecule has 1 heterocycles. The average Bonchev–Trinajstić information content (AvgIpc) is 2.79. The maximum Gasteiger partial charge on any atom is 0.122 e. The molecule has 1 aromatic carbocycles. The van der Waals surface area contributed by atoms with Crippen molar-refractivity contribution in [3.63, 3.8) is 0 Å². The molecule has 0 spiro atoms. The molecule has 1 atom stereocenters. The summed E-state index contributed by atoms with van der Waals surface area (Å²) in [7, 11) is 1.72. The van der Waals surface area contributed by atoms with Gasteiger partial charge in [-0.2, -0.15) is 0 Å². The Bertz CT molecular complexity index is 551. The van der Waals surface area contributed by atoms with Crippen LogP contribution in [-0.2, 0) is 6.42 Å². The third kappa shape index (κ3) is 3.85. The number of hydrogen-bond acceptors (Lipinski definition) is 3. The highest BCUT2D eigenvalue weighted by atomic mass is 79.9. The van der Waals surface area contributed by atoms with Crippen LogP contribution in [0.5, 0.6) is 5.75 Å². The van der Waals surface area contributed by atoms with Crippen LogP contribution in [0.2, 0.25) is 0 Å². The Hall–Kier alpha value is -0.360. The summed E-state index contributed by atoms with van der Waals surface area (Å²) in [5, 5.41) is 3.55. The minimum atomic E-state index is 0.295. The summed E-state index contributed by atoms with van der Waals surface area (Å²) in [6, 6.07) is 10.7. The number of thiophene rings is 1. The zero-order valence-corrected chi connectivity index (χ0v) is 15.4. The monoisotopic (exact) mass is 417 g/mol. The van der Waals surface area contributed by atoms with Gasteiger partial charge in [0.05, 0.1) is 10.9 Å². The minimum absolute atomic E-state index is 0.295. The van der Waals surface area contributed by atoms with E-state index >= 15 is 0 Å². The first-order valence-electron chi connectivity index (χ1n) is 6.45. The number of rotatable bonds is 6. The summed E-state index contributed by atoms with van der Waals surface area (Å²) in [5.74, 6) is 0.949. The Balaban J connectivity index is 2.25. The Kier molecular flexibility index (Phi) is 6.08. The Morgan fingerprint density at radius 1 is 1.30 bits per heavy atom. The van der Waals surface area contributed by atoms with Gasteiger partial charge in [-0.25, -0.2) is 0 Å². The number of hydrogen-bond donors (Lipinski definition) is 1. The van der Waals surface area contributed by atoms with Crippen molar-refractivity contribution in [1.82, 2.24) is 5.32 Å². The van der Waals surface area contributed by atoms with Gasteiger partial charge in [-0.15, -0.1) is 11.3 Å². The summed E-state index contributed by atoms with van der Waals surface area (Å²) < 4.78 is 7.69. The molecule has 0 saturated heterocycles. The molecule has 20 heavy (non-hydrogen) atoms. The second-order valence-electron chi connectivity index (χ2n) is 4.40. The quantitative estimate of drug-likeness (QED) is 0.698. The van der Waals surface area contributed by atoms with Crippen molar-refractivity contribution in [3.05, 3.63) is 49.0 Å². The number of nitrogens with one attached hydrogen (secondary N) is 1. The summed E-state index contributed by atoms with van der Waals surface area (Å²) in [5.41, 5.74) is 1.22. The molecule has 0 saturated carbocycles. The smallest absolute Gasteiger partial charge is 0.122 e. The number of ether oxygens (including phenoxy) is 1. The van der Waals surface area contributed by atoms with Crippen molar-refractivity contribution in [2.75, 3.05) is 13.7 Å². The minimum Gasteiger partial charge on any atom is -0.496 e. The van der Waals surface area contributed by atoms with E-state index in [4.69, 9.17) is 4.74 Å². The van der Waals surface area contributed by atoms with Crippen LogP contribution in [0, 0.1) is 0 Å². The van der Waals surface area contributed by atoms with Gasteiger partial charge in [0.15, 0.2) is 0 Å².